The maximum atomic E-state index is 11.8. The first kappa shape index (κ1) is 12.1. The second-order valence-electron chi connectivity index (χ2n) is 4.33. The maximum absolute atomic E-state index is 11.8. The first-order chi connectivity index (χ1) is 8.26. The smallest absolute Gasteiger partial charge is 0.228 e. The molecule has 0 aliphatic carbocycles. The second-order valence-corrected chi connectivity index (χ2v) is 4.33. The maximum Gasteiger partial charge on any atom is 0.228 e. The molecular weight excluding hydrogens is 214 g/mol. The predicted octanol–water partition coefficient (Wildman–Crippen LogP) is 0.862. The molecule has 0 fully saturated rings. The average Bonchev–Trinajstić information content (AvgIpc) is 2.33. The van der Waals surface area contributed by atoms with Crippen molar-refractivity contribution in [2.75, 3.05) is 25.7 Å². The standard InChI is InChI=1S/C13H19N3O/c1-14-8-10-3-5-12-11(7-10)4-6-13(17)16(12)9-15-2/h3,5,7,14-15H,4,6,8-9H2,1-2H3. The molecule has 0 atom stereocenters. The molecule has 0 radical (unpaired) electrons. The van der Waals surface area contributed by atoms with Crippen molar-refractivity contribution in [2.24, 2.45) is 0 Å². The highest BCUT2D eigenvalue weighted by molar-refractivity contribution is 5.96. The number of fused-ring (bicyclic) bond motifs is 1. The van der Waals surface area contributed by atoms with Gasteiger partial charge in [0.25, 0.3) is 0 Å². The molecule has 1 aromatic rings. The molecule has 4 heteroatoms. The summed E-state index contributed by atoms with van der Waals surface area (Å²) in [5, 5.41) is 6.18. The Labute approximate surface area is 102 Å². The van der Waals surface area contributed by atoms with Crippen molar-refractivity contribution in [3.63, 3.8) is 0 Å². The summed E-state index contributed by atoms with van der Waals surface area (Å²) in [7, 11) is 3.80. The zero-order chi connectivity index (χ0) is 12.3. The van der Waals surface area contributed by atoms with E-state index in [1.165, 1.54) is 11.1 Å². The number of carbonyl (C=O) groups excluding carboxylic acids is 1. The molecule has 4 nitrogen and oxygen atoms in total. The van der Waals surface area contributed by atoms with Crippen molar-refractivity contribution in [3.8, 4) is 0 Å². The van der Waals surface area contributed by atoms with Crippen LogP contribution in [0.15, 0.2) is 18.2 Å². The van der Waals surface area contributed by atoms with E-state index in [4.69, 9.17) is 0 Å². The molecule has 2 N–H and O–H groups in total. The van der Waals surface area contributed by atoms with Gasteiger partial charge in [0.2, 0.25) is 5.91 Å². The third kappa shape index (κ3) is 2.48. The molecule has 1 aliphatic rings. The van der Waals surface area contributed by atoms with E-state index in [0.29, 0.717) is 13.1 Å². The molecule has 0 saturated heterocycles. The Morgan fingerprint density at radius 1 is 1.24 bits per heavy atom. The van der Waals surface area contributed by atoms with Crippen LogP contribution in [0.25, 0.3) is 0 Å². The van der Waals surface area contributed by atoms with Gasteiger partial charge in [-0.2, -0.15) is 0 Å². The van der Waals surface area contributed by atoms with Crippen LogP contribution in [0, 0.1) is 0 Å². The van der Waals surface area contributed by atoms with Crippen molar-refractivity contribution >= 4 is 11.6 Å². The Morgan fingerprint density at radius 3 is 2.76 bits per heavy atom. The number of aryl methyl sites for hydroxylation is 1. The number of carbonyl (C=O) groups is 1. The van der Waals surface area contributed by atoms with Gasteiger partial charge in [-0.25, -0.2) is 0 Å². The highest BCUT2D eigenvalue weighted by atomic mass is 16.2. The minimum absolute atomic E-state index is 0.202. The van der Waals surface area contributed by atoms with Gasteiger partial charge in [0.05, 0.1) is 6.67 Å². The normalized spacial score (nSPS) is 14.9. The van der Waals surface area contributed by atoms with Crippen LogP contribution >= 0.6 is 0 Å². The van der Waals surface area contributed by atoms with Crippen LogP contribution in [0.4, 0.5) is 5.69 Å². The molecule has 0 aromatic heterocycles. The lowest BCUT2D eigenvalue weighted by Gasteiger charge is -2.29. The summed E-state index contributed by atoms with van der Waals surface area (Å²) in [6, 6.07) is 6.33. The van der Waals surface area contributed by atoms with Crippen LogP contribution in [-0.2, 0) is 17.8 Å². The average molecular weight is 233 g/mol. The van der Waals surface area contributed by atoms with Crippen LogP contribution in [0.2, 0.25) is 0 Å². The number of nitrogens with zero attached hydrogens (tertiary/aromatic N) is 1. The second kappa shape index (κ2) is 5.29. The summed E-state index contributed by atoms with van der Waals surface area (Å²) in [5.74, 6) is 0.202. The molecule has 2 rings (SSSR count). The van der Waals surface area contributed by atoms with Gasteiger partial charge in [-0.05, 0) is 37.7 Å². The summed E-state index contributed by atoms with van der Waals surface area (Å²) in [5.41, 5.74) is 3.59. The Bertz CT molecular complexity index is 417. The molecule has 1 amide bonds. The van der Waals surface area contributed by atoms with Crippen LogP contribution in [-0.4, -0.2) is 26.7 Å². The van der Waals surface area contributed by atoms with Crippen LogP contribution in [0.3, 0.4) is 0 Å². The molecule has 0 saturated carbocycles. The minimum atomic E-state index is 0.202. The third-order valence-electron chi connectivity index (χ3n) is 3.04. The summed E-state index contributed by atoms with van der Waals surface area (Å²) in [6.45, 7) is 1.45. The summed E-state index contributed by atoms with van der Waals surface area (Å²) in [4.78, 5) is 13.7. The van der Waals surface area contributed by atoms with E-state index in [1.54, 1.807) is 0 Å². The topological polar surface area (TPSA) is 44.4 Å². The SMILES string of the molecule is CNCc1ccc2c(c1)CCC(=O)N2CNC. The number of rotatable bonds is 4. The molecule has 0 spiro atoms. The van der Waals surface area contributed by atoms with Gasteiger partial charge in [0, 0.05) is 18.7 Å². The molecule has 0 unspecified atom stereocenters. The van der Waals surface area contributed by atoms with Gasteiger partial charge >= 0.3 is 0 Å². The van der Waals surface area contributed by atoms with Gasteiger partial charge in [-0.1, -0.05) is 12.1 Å². The summed E-state index contributed by atoms with van der Waals surface area (Å²) in [6.07, 6.45) is 1.46. The van der Waals surface area contributed by atoms with E-state index < -0.39 is 0 Å². The van der Waals surface area contributed by atoms with Crippen molar-refractivity contribution in [1.29, 1.82) is 0 Å². The van der Waals surface area contributed by atoms with Gasteiger partial charge in [-0.3, -0.25) is 9.69 Å². The Morgan fingerprint density at radius 2 is 2.06 bits per heavy atom. The molecular formula is C13H19N3O. The number of hydrogen-bond donors (Lipinski definition) is 2. The number of anilines is 1. The van der Waals surface area contributed by atoms with E-state index in [1.807, 2.05) is 19.0 Å². The van der Waals surface area contributed by atoms with Gasteiger partial charge in [0.1, 0.15) is 0 Å². The van der Waals surface area contributed by atoms with Crippen molar-refractivity contribution < 1.29 is 4.79 Å². The van der Waals surface area contributed by atoms with Gasteiger partial charge in [-0.15, -0.1) is 0 Å². The molecule has 1 heterocycles. The van der Waals surface area contributed by atoms with E-state index in [2.05, 4.69) is 28.8 Å². The van der Waals surface area contributed by atoms with Crippen LogP contribution < -0.4 is 15.5 Å². The highest BCUT2D eigenvalue weighted by Gasteiger charge is 2.23. The minimum Gasteiger partial charge on any atom is -0.316 e. The van der Waals surface area contributed by atoms with Crippen molar-refractivity contribution in [2.45, 2.75) is 19.4 Å². The van der Waals surface area contributed by atoms with Gasteiger partial charge < -0.3 is 10.6 Å². The molecule has 1 aliphatic heterocycles. The zero-order valence-electron chi connectivity index (χ0n) is 10.4. The Hall–Kier alpha value is -1.39. The first-order valence-electron chi connectivity index (χ1n) is 5.97. The summed E-state index contributed by atoms with van der Waals surface area (Å²) >= 11 is 0. The van der Waals surface area contributed by atoms with Gasteiger partial charge in [0.15, 0.2) is 0 Å². The lowest BCUT2D eigenvalue weighted by atomic mass is 9.99. The largest absolute Gasteiger partial charge is 0.316 e. The van der Waals surface area contributed by atoms with E-state index in [0.717, 1.165) is 18.7 Å². The lowest BCUT2D eigenvalue weighted by Crippen LogP contribution is -2.40. The lowest BCUT2D eigenvalue weighted by molar-refractivity contribution is -0.119. The molecule has 17 heavy (non-hydrogen) atoms. The monoisotopic (exact) mass is 233 g/mol. The summed E-state index contributed by atoms with van der Waals surface area (Å²) < 4.78 is 0. The fourth-order valence-electron chi connectivity index (χ4n) is 2.26. The van der Waals surface area contributed by atoms with Crippen LogP contribution in [0.1, 0.15) is 17.5 Å². The quantitative estimate of drug-likeness (QED) is 0.811. The Kier molecular flexibility index (Phi) is 3.76. The van der Waals surface area contributed by atoms with E-state index in [-0.39, 0.29) is 5.91 Å². The fraction of sp³-hybridized carbons (Fsp3) is 0.462. The number of hydrogen-bond acceptors (Lipinski definition) is 3. The fourth-order valence-corrected chi connectivity index (χ4v) is 2.26. The molecule has 92 valence electrons. The van der Waals surface area contributed by atoms with E-state index >= 15 is 0 Å². The zero-order valence-corrected chi connectivity index (χ0v) is 10.4. The predicted molar refractivity (Wildman–Crippen MR) is 68.9 cm³/mol. The number of amides is 1. The van der Waals surface area contributed by atoms with E-state index in [9.17, 15) is 4.79 Å². The van der Waals surface area contributed by atoms with Crippen molar-refractivity contribution in [1.82, 2.24) is 10.6 Å². The van der Waals surface area contributed by atoms with Crippen LogP contribution in [0.5, 0.6) is 0 Å². The molecule has 0 bridgehead atoms. The van der Waals surface area contributed by atoms with Crippen molar-refractivity contribution in [3.05, 3.63) is 29.3 Å². The highest BCUT2D eigenvalue weighted by Crippen LogP contribution is 2.28. The first-order valence-corrected chi connectivity index (χ1v) is 5.97. The number of benzene rings is 1. The third-order valence-corrected chi connectivity index (χ3v) is 3.04. The number of nitrogens with one attached hydrogen (secondary N) is 2. The Balaban J connectivity index is 2.30. The molecule has 1 aromatic carbocycles.